The van der Waals surface area contributed by atoms with Gasteiger partial charge in [-0.15, -0.1) is 0 Å². The van der Waals surface area contributed by atoms with Crippen LogP contribution in [0, 0.1) is 0 Å². The highest BCUT2D eigenvalue weighted by molar-refractivity contribution is 6.08. The van der Waals surface area contributed by atoms with Crippen LogP contribution in [-0.2, 0) is 4.79 Å². The van der Waals surface area contributed by atoms with Crippen molar-refractivity contribution in [2.75, 3.05) is 6.54 Å². The van der Waals surface area contributed by atoms with Crippen LogP contribution in [-0.4, -0.2) is 33.2 Å². The van der Waals surface area contributed by atoms with Crippen molar-refractivity contribution >= 4 is 22.7 Å². The number of benzene rings is 2. The van der Waals surface area contributed by atoms with Crippen LogP contribution in [0.2, 0.25) is 0 Å². The summed E-state index contributed by atoms with van der Waals surface area (Å²) in [5, 5.41) is 2.91. The van der Waals surface area contributed by atoms with E-state index in [0.29, 0.717) is 36.0 Å². The number of nitrogens with one attached hydrogen (secondary N) is 2. The fraction of sp³-hybridized carbons (Fsp3) is 0.200. The zero-order valence-electron chi connectivity index (χ0n) is 17.4. The predicted molar refractivity (Wildman–Crippen MR) is 120 cm³/mol. The highest BCUT2D eigenvalue weighted by Crippen LogP contribution is 2.34. The van der Waals surface area contributed by atoms with E-state index in [4.69, 9.17) is 4.74 Å². The van der Waals surface area contributed by atoms with E-state index in [9.17, 15) is 9.59 Å². The summed E-state index contributed by atoms with van der Waals surface area (Å²) in [4.78, 5) is 36.4. The van der Waals surface area contributed by atoms with Gasteiger partial charge in [-0.2, -0.15) is 0 Å². The Kier molecular flexibility index (Phi) is 5.37. The minimum atomic E-state index is -0.179. The molecule has 1 amide bonds. The molecule has 0 saturated carbocycles. The number of rotatable bonds is 5. The molecule has 7 heteroatoms. The summed E-state index contributed by atoms with van der Waals surface area (Å²) >= 11 is 0. The van der Waals surface area contributed by atoms with E-state index in [2.05, 4.69) is 20.3 Å². The molecule has 0 aliphatic carbocycles. The molecule has 1 atom stereocenters. The second-order valence-electron chi connectivity index (χ2n) is 7.83. The van der Waals surface area contributed by atoms with Gasteiger partial charge in [-0.05, 0) is 61.2 Å². The molecule has 5 rings (SSSR count). The molecule has 1 fully saturated rings. The summed E-state index contributed by atoms with van der Waals surface area (Å²) < 4.78 is 6.07. The van der Waals surface area contributed by atoms with Crippen molar-refractivity contribution in [2.24, 2.45) is 0 Å². The molecule has 1 aliphatic heterocycles. The van der Waals surface area contributed by atoms with Crippen LogP contribution in [0.4, 0.5) is 0 Å². The Morgan fingerprint density at radius 2 is 1.84 bits per heavy atom. The molecule has 3 heterocycles. The number of hydrogen-bond acceptors (Lipinski definition) is 5. The molecule has 2 aromatic carbocycles. The average molecular weight is 426 g/mol. The van der Waals surface area contributed by atoms with Crippen LogP contribution in [0.5, 0.6) is 11.6 Å². The number of nitrogens with zero attached hydrogens (tertiary/aromatic N) is 2. The number of aromatic nitrogens is 3. The van der Waals surface area contributed by atoms with Crippen molar-refractivity contribution in [2.45, 2.75) is 25.2 Å². The summed E-state index contributed by atoms with van der Waals surface area (Å²) in [6.45, 7) is 0.649. The third-order valence-electron chi connectivity index (χ3n) is 5.71. The van der Waals surface area contributed by atoms with E-state index in [1.807, 2.05) is 36.4 Å². The first-order valence-corrected chi connectivity index (χ1v) is 10.7. The lowest BCUT2D eigenvalue weighted by Crippen LogP contribution is -2.21. The molecule has 1 unspecified atom stereocenters. The zero-order valence-corrected chi connectivity index (χ0v) is 17.4. The van der Waals surface area contributed by atoms with Crippen molar-refractivity contribution in [3.05, 3.63) is 83.8 Å². The first-order valence-electron chi connectivity index (χ1n) is 10.7. The van der Waals surface area contributed by atoms with Crippen molar-refractivity contribution in [3.63, 3.8) is 0 Å². The fourth-order valence-electron chi connectivity index (χ4n) is 4.02. The minimum Gasteiger partial charge on any atom is -0.439 e. The number of pyridine rings is 1. The van der Waals surface area contributed by atoms with Crippen molar-refractivity contribution in [1.29, 1.82) is 0 Å². The molecule has 2 N–H and O–H groups in total. The number of ether oxygens (including phenoxy) is 1. The summed E-state index contributed by atoms with van der Waals surface area (Å²) in [6.07, 6.45) is 3.80. The van der Waals surface area contributed by atoms with Crippen LogP contribution in [0.1, 0.15) is 46.9 Å². The van der Waals surface area contributed by atoms with E-state index < -0.39 is 0 Å². The van der Waals surface area contributed by atoms with Gasteiger partial charge >= 0.3 is 0 Å². The SMILES string of the molecule is O=C1CCC(c2cccnc2Oc2ccc(C(=O)c3nc4ccccc4[nH]3)cc2)CCN1. The number of imidazole rings is 1. The monoisotopic (exact) mass is 426 g/mol. The van der Waals surface area contributed by atoms with E-state index >= 15 is 0 Å². The van der Waals surface area contributed by atoms with Gasteiger partial charge in [-0.1, -0.05) is 18.2 Å². The maximum Gasteiger partial charge on any atom is 0.228 e. The van der Waals surface area contributed by atoms with E-state index in [1.54, 1.807) is 30.5 Å². The smallest absolute Gasteiger partial charge is 0.228 e. The maximum absolute atomic E-state index is 12.8. The molecule has 2 aromatic heterocycles. The standard InChI is InChI=1S/C25H22N4O3/c30-22-12-9-16(13-15-26-22)19-4-3-14-27-25(19)32-18-10-7-17(8-11-18)23(31)24-28-20-5-1-2-6-21(20)29-24/h1-8,10-11,14,16H,9,12-13,15H2,(H,26,30)(H,28,29). The Morgan fingerprint density at radius 1 is 1.00 bits per heavy atom. The van der Waals surface area contributed by atoms with Crippen molar-refractivity contribution in [3.8, 4) is 11.6 Å². The normalized spacial score (nSPS) is 16.4. The summed E-state index contributed by atoms with van der Waals surface area (Å²) in [7, 11) is 0. The van der Waals surface area contributed by atoms with Crippen LogP contribution in [0.3, 0.4) is 0 Å². The number of carbonyl (C=O) groups is 2. The maximum atomic E-state index is 12.8. The number of H-pyrrole nitrogens is 1. The highest BCUT2D eigenvalue weighted by atomic mass is 16.5. The molecule has 0 spiro atoms. The lowest BCUT2D eigenvalue weighted by atomic mass is 9.93. The highest BCUT2D eigenvalue weighted by Gasteiger charge is 2.22. The largest absolute Gasteiger partial charge is 0.439 e. The van der Waals surface area contributed by atoms with Gasteiger partial charge in [0, 0.05) is 30.3 Å². The molecule has 160 valence electrons. The van der Waals surface area contributed by atoms with Gasteiger partial charge in [0.25, 0.3) is 0 Å². The van der Waals surface area contributed by atoms with Crippen LogP contribution in [0.15, 0.2) is 66.9 Å². The van der Waals surface area contributed by atoms with Crippen molar-refractivity contribution < 1.29 is 14.3 Å². The molecule has 0 bridgehead atoms. The van der Waals surface area contributed by atoms with E-state index in [0.717, 1.165) is 29.4 Å². The lowest BCUT2D eigenvalue weighted by molar-refractivity contribution is -0.120. The Labute approximate surface area is 184 Å². The van der Waals surface area contributed by atoms with Gasteiger partial charge in [0.15, 0.2) is 5.82 Å². The molecular weight excluding hydrogens is 404 g/mol. The van der Waals surface area contributed by atoms with Gasteiger partial charge in [-0.3, -0.25) is 9.59 Å². The Balaban J connectivity index is 1.34. The average Bonchev–Trinajstić information content (AvgIpc) is 3.14. The van der Waals surface area contributed by atoms with Gasteiger partial charge in [0.2, 0.25) is 17.6 Å². The van der Waals surface area contributed by atoms with Crippen LogP contribution >= 0.6 is 0 Å². The van der Waals surface area contributed by atoms with Crippen LogP contribution < -0.4 is 10.1 Å². The van der Waals surface area contributed by atoms with Gasteiger partial charge in [0.05, 0.1) is 11.0 Å². The molecule has 1 aliphatic rings. The van der Waals surface area contributed by atoms with Crippen LogP contribution in [0.25, 0.3) is 11.0 Å². The number of para-hydroxylation sites is 2. The number of carbonyl (C=O) groups excluding carboxylic acids is 2. The van der Waals surface area contributed by atoms with Gasteiger partial charge in [0.1, 0.15) is 5.75 Å². The molecule has 1 saturated heterocycles. The zero-order chi connectivity index (χ0) is 21.9. The first kappa shape index (κ1) is 19.9. The summed E-state index contributed by atoms with van der Waals surface area (Å²) in [6, 6.07) is 18.4. The molecule has 7 nitrogen and oxygen atoms in total. The number of hydrogen-bond donors (Lipinski definition) is 2. The number of fused-ring (bicyclic) bond motifs is 1. The molecular formula is C25H22N4O3. The topological polar surface area (TPSA) is 97.0 Å². The van der Waals surface area contributed by atoms with Crippen molar-refractivity contribution in [1.82, 2.24) is 20.3 Å². The molecule has 4 aromatic rings. The Hall–Kier alpha value is -4.00. The van der Waals surface area contributed by atoms with E-state index in [-0.39, 0.29) is 17.6 Å². The summed E-state index contributed by atoms with van der Waals surface area (Å²) in [5.41, 5.74) is 3.10. The van der Waals surface area contributed by atoms with Gasteiger partial charge < -0.3 is 15.0 Å². The molecule has 32 heavy (non-hydrogen) atoms. The minimum absolute atomic E-state index is 0.0866. The predicted octanol–water partition coefficient (Wildman–Crippen LogP) is 4.36. The Morgan fingerprint density at radius 3 is 2.69 bits per heavy atom. The Bertz CT molecular complexity index is 1250. The summed E-state index contributed by atoms with van der Waals surface area (Å²) in [5.74, 6) is 1.54. The number of aromatic amines is 1. The van der Waals surface area contributed by atoms with Gasteiger partial charge in [-0.25, -0.2) is 9.97 Å². The van der Waals surface area contributed by atoms with E-state index in [1.165, 1.54) is 0 Å². The number of ketones is 1. The third-order valence-corrected chi connectivity index (χ3v) is 5.71. The molecule has 0 radical (unpaired) electrons. The first-order chi connectivity index (χ1) is 15.7. The number of amides is 1. The second-order valence-corrected chi connectivity index (χ2v) is 7.83. The lowest BCUT2D eigenvalue weighted by Gasteiger charge is -2.17. The quantitative estimate of drug-likeness (QED) is 0.462. The third kappa shape index (κ3) is 4.09. The second kappa shape index (κ2) is 8.63. The fourth-order valence-corrected chi connectivity index (χ4v) is 4.02.